The standard InChI is InChI=1S/C20H20FN3O6S/c1-11(2)10-29-17-7-5-13(9-16(17)24-31(3,27)28)19-22-18(23-30-19)12-4-6-14(20(25)26)15(21)8-12/h4-9,11,24H,10H2,1-3H3,(H,25,26). The highest BCUT2D eigenvalue weighted by molar-refractivity contribution is 7.92. The van der Waals surface area contributed by atoms with Crippen molar-refractivity contribution in [3.8, 4) is 28.6 Å². The maximum atomic E-state index is 14.0. The third-order valence-electron chi connectivity index (χ3n) is 3.98. The molecule has 0 amide bonds. The molecule has 1 aromatic heterocycles. The SMILES string of the molecule is CC(C)COc1ccc(-c2nc(-c3ccc(C(=O)O)c(F)c3)no2)cc1NS(C)(=O)=O. The van der Waals surface area contributed by atoms with Gasteiger partial charge in [-0.3, -0.25) is 4.72 Å². The van der Waals surface area contributed by atoms with E-state index in [2.05, 4.69) is 14.9 Å². The first-order chi connectivity index (χ1) is 14.5. The lowest BCUT2D eigenvalue weighted by Crippen LogP contribution is -2.12. The molecule has 0 radical (unpaired) electrons. The molecular weight excluding hydrogens is 429 g/mol. The molecule has 3 rings (SSSR count). The molecule has 3 aromatic rings. The summed E-state index contributed by atoms with van der Waals surface area (Å²) in [5.74, 6) is -1.63. The summed E-state index contributed by atoms with van der Waals surface area (Å²) in [7, 11) is -3.58. The van der Waals surface area contributed by atoms with E-state index in [0.29, 0.717) is 17.9 Å². The predicted molar refractivity (Wildman–Crippen MR) is 111 cm³/mol. The number of hydrogen-bond donors (Lipinski definition) is 2. The van der Waals surface area contributed by atoms with E-state index in [1.54, 1.807) is 12.1 Å². The van der Waals surface area contributed by atoms with Crippen molar-refractivity contribution in [1.82, 2.24) is 10.1 Å². The molecule has 2 aromatic carbocycles. The summed E-state index contributed by atoms with van der Waals surface area (Å²) < 4.78 is 50.7. The minimum Gasteiger partial charge on any atom is -0.491 e. The number of rotatable bonds is 8. The Kier molecular flexibility index (Phi) is 6.25. The van der Waals surface area contributed by atoms with Gasteiger partial charge in [-0.2, -0.15) is 4.98 Å². The quantitative estimate of drug-likeness (QED) is 0.533. The summed E-state index contributed by atoms with van der Waals surface area (Å²) in [6.45, 7) is 4.31. The lowest BCUT2D eigenvalue weighted by Gasteiger charge is -2.14. The van der Waals surface area contributed by atoms with Crippen LogP contribution in [0.25, 0.3) is 22.8 Å². The van der Waals surface area contributed by atoms with Crippen molar-refractivity contribution in [3.05, 3.63) is 47.8 Å². The smallest absolute Gasteiger partial charge is 0.338 e. The zero-order valence-corrected chi connectivity index (χ0v) is 17.7. The molecule has 0 spiro atoms. The summed E-state index contributed by atoms with van der Waals surface area (Å²) >= 11 is 0. The van der Waals surface area contributed by atoms with Crippen molar-refractivity contribution in [3.63, 3.8) is 0 Å². The molecule has 0 bridgehead atoms. The Labute approximate surface area is 177 Å². The molecule has 0 saturated carbocycles. The molecule has 9 nitrogen and oxygen atoms in total. The highest BCUT2D eigenvalue weighted by Crippen LogP contribution is 2.32. The highest BCUT2D eigenvalue weighted by atomic mass is 32.2. The minimum absolute atomic E-state index is 0.0450. The van der Waals surface area contributed by atoms with Crippen LogP contribution in [0.2, 0.25) is 0 Å². The average molecular weight is 449 g/mol. The van der Waals surface area contributed by atoms with Gasteiger partial charge in [0.05, 0.1) is 24.1 Å². The molecule has 164 valence electrons. The van der Waals surface area contributed by atoms with Crippen LogP contribution in [0.1, 0.15) is 24.2 Å². The molecule has 0 fully saturated rings. The van der Waals surface area contributed by atoms with E-state index in [9.17, 15) is 17.6 Å². The van der Waals surface area contributed by atoms with Crippen LogP contribution in [0.3, 0.4) is 0 Å². The van der Waals surface area contributed by atoms with E-state index in [-0.39, 0.29) is 28.9 Å². The number of carboxylic acid groups (broad SMARTS) is 1. The van der Waals surface area contributed by atoms with E-state index in [0.717, 1.165) is 18.4 Å². The van der Waals surface area contributed by atoms with E-state index in [1.165, 1.54) is 12.1 Å². The van der Waals surface area contributed by atoms with E-state index >= 15 is 0 Å². The largest absolute Gasteiger partial charge is 0.491 e. The Morgan fingerprint density at radius 3 is 2.55 bits per heavy atom. The van der Waals surface area contributed by atoms with Gasteiger partial charge in [-0.1, -0.05) is 19.0 Å². The van der Waals surface area contributed by atoms with Crippen molar-refractivity contribution in [2.24, 2.45) is 5.92 Å². The minimum atomic E-state index is -3.58. The van der Waals surface area contributed by atoms with Crippen LogP contribution in [-0.4, -0.2) is 42.5 Å². The molecule has 0 aliphatic rings. The van der Waals surface area contributed by atoms with Gasteiger partial charge in [-0.05, 0) is 42.3 Å². The van der Waals surface area contributed by atoms with Crippen LogP contribution < -0.4 is 9.46 Å². The van der Waals surface area contributed by atoms with Crippen LogP contribution >= 0.6 is 0 Å². The van der Waals surface area contributed by atoms with Crippen molar-refractivity contribution in [2.75, 3.05) is 17.6 Å². The number of nitrogens with one attached hydrogen (secondary N) is 1. The number of ether oxygens (including phenoxy) is 1. The van der Waals surface area contributed by atoms with E-state index in [4.69, 9.17) is 14.4 Å². The van der Waals surface area contributed by atoms with Gasteiger partial charge in [0.1, 0.15) is 11.6 Å². The Hall–Kier alpha value is -3.47. The van der Waals surface area contributed by atoms with Gasteiger partial charge in [-0.15, -0.1) is 0 Å². The molecule has 0 atom stereocenters. The second-order valence-corrected chi connectivity index (χ2v) is 8.96. The van der Waals surface area contributed by atoms with E-state index in [1.807, 2.05) is 13.8 Å². The van der Waals surface area contributed by atoms with Crippen molar-refractivity contribution in [2.45, 2.75) is 13.8 Å². The van der Waals surface area contributed by atoms with Crippen LogP contribution in [0.5, 0.6) is 5.75 Å². The zero-order chi connectivity index (χ0) is 22.8. The van der Waals surface area contributed by atoms with Crippen LogP contribution in [-0.2, 0) is 10.0 Å². The number of benzene rings is 2. The van der Waals surface area contributed by atoms with Gasteiger partial charge < -0.3 is 14.4 Å². The zero-order valence-electron chi connectivity index (χ0n) is 16.9. The molecule has 1 heterocycles. The van der Waals surface area contributed by atoms with Gasteiger partial charge in [0, 0.05) is 11.1 Å². The first kappa shape index (κ1) is 22.2. The number of halogens is 1. The Balaban J connectivity index is 1.94. The number of nitrogens with zero attached hydrogens (tertiary/aromatic N) is 2. The Morgan fingerprint density at radius 2 is 1.94 bits per heavy atom. The topological polar surface area (TPSA) is 132 Å². The lowest BCUT2D eigenvalue weighted by atomic mass is 10.1. The fraction of sp³-hybridized carbons (Fsp3) is 0.250. The van der Waals surface area contributed by atoms with Gasteiger partial charge in [0.25, 0.3) is 5.89 Å². The van der Waals surface area contributed by atoms with Crippen molar-refractivity contribution >= 4 is 21.7 Å². The summed E-state index contributed by atoms with van der Waals surface area (Å²) in [6.07, 6.45) is 1.02. The van der Waals surface area contributed by atoms with Gasteiger partial charge in [-0.25, -0.2) is 17.6 Å². The Morgan fingerprint density at radius 1 is 1.23 bits per heavy atom. The third-order valence-corrected chi connectivity index (χ3v) is 4.57. The second kappa shape index (κ2) is 8.72. The first-order valence-electron chi connectivity index (χ1n) is 9.15. The van der Waals surface area contributed by atoms with Gasteiger partial charge >= 0.3 is 5.97 Å². The molecule has 11 heteroatoms. The molecule has 31 heavy (non-hydrogen) atoms. The molecule has 2 N–H and O–H groups in total. The molecule has 0 saturated heterocycles. The third kappa shape index (κ3) is 5.57. The molecular formula is C20H20FN3O6S. The summed E-state index contributed by atoms with van der Waals surface area (Å²) in [5, 5.41) is 12.7. The summed E-state index contributed by atoms with van der Waals surface area (Å²) in [6, 6.07) is 8.16. The normalized spacial score (nSPS) is 11.5. The summed E-state index contributed by atoms with van der Waals surface area (Å²) in [4.78, 5) is 15.2. The van der Waals surface area contributed by atoms with Crippen LogP contribution in [0.15, 0.2) is 40.9 Å². The maximum absolute atomic E-state index is 14.0. The lowest BCUT2D eigenvalue weighted by molar-refractivity contribution is 0.0692. The highest BCUT2D eigenvalue weighted by Gasteiger charge is 2.17. The number of aromatic carboxylic acids is 1. The number of carboxylic acids is 1. The van der Waals surface area contributed by atoms with Gasteiger partial charge in [0.15, 0.2) is 0 Å². The monoisotopic (exact) mass is 449 g/mol. The van der Waals surface area contributed by atoms with E-state index < -0.39 is 27.4 Å². The first-order valence-corrected chi connectivity index (χ1v) is 11.0. The number of sulfonamides is 1. The maximum Gasteiger partial charge on any atom is 0.338 e. The number of aromatic nitrogens is 2. The number of carbonyl (C=O) groups is 1. The summed E-state index contributed by atoms with van der Waals surface area (Å²) in [5.41, 5.74) is 0.367. The number of hydrogen-bond acceptors (Lipinski definition) is 7. The van der Waals surface area contributed by atoms with Crippen LogP contribution in [0, 0.1) is 11.7 Å². The average Bonchev–Trinajstić information content (AvgIpc) is 3.15. The fourth-order valence-corrected chi connectivity index (χ4v) is 3.17. The molecule has 0 aliphatic carbocycles. The van der Waals surface area contributed by atoms with Gasteiger partial charge in [0.2, 0.25) is 15.8 Å². The second-order valence-electron chi connectivity index (χ2n) is 7.21. The van der Waals surface area contributed by atoms with Crippen molar-refractivity contribution < 1.29 is 32.0 Å². The number of anilines is 1. The molecule has 0 aliphatic heterocycles. The fourth-order valence-electron chi connectivity index (χ4n) is 2.61. The van der Waals surface area contributed by atoms with Crippen molar-refractivity contribution in [1.29, 1.82) is 0 Å². The predicted octanol–water partition coefficient (Wildman–Crippen LogP) is 3.65. The van der Waals surface area contributed by atoms with Crippen LogP contribution in [0.4, 0.5) is 10.1 Å². The molecule has 0 unspecified atom stereocenters. The Bertz CT molecular complexity index is 1220.